The Morgan fingerprint density at radius 3 is 2.35 bits per heavy atom. The van der Waals surface area contributed by atoms with Crippen molar-refractivity contribution in [2.75, 3.05) is 4.31 Å². The van der Waals surface area contributed by atoms with Gasteiger partial charge in [0.1, 0.15) is 5.25 Å². The summed E-state index contributed by atoms with van der Waals surface area (Å²) in [6.45, 7) is 8.06. The molecule has 1 aromatic heterocycles. The molecule has 140 valence electrons. The third-order valence-electron chi connectivity index (χ3n) is 5.00. The predicted octanol–water partition coefficient (Wildman–Crippen LogP) is 2.29. The van der Waals surface area contributed by atoms with E-state index in [1.165, 1.54) is 4.31 Å². The molecule has 3 rings (SSSR count). The van der Waals surface area contributed by atoms with Gasteiger partial charge in [0.2, 0.25) is 10.0 Å². The second-order valence-electron chi connectivity index (χ2n) is 7.01. The molecule has 2 unspecified atom stereocenters. The minimum absolute atomic E-state index is 0.182. The number of hydrogen-bond donors (Lipinski definition) is 2. The lowest BCUT2D eigenvalue weighted by Crippen LogP contribution is -2.46. The molecule has 26 heavy (non-hydrogen) atoms. The smallest absolute Gasteiger partial charge is 0.241 e. The highest BCUT2D eigenvalue weighted by molar-refractivity contribution is 7.93. The minimum Gasteiger partial charge on any atom is -0.265 e. The zero-order valence-corrected chi connectivity index (χ0v) is 16.4. The molecular formula is C19H26N4O2S. The van der Waals surface area contributed by atoms with Gasteiger partial charge in [-0.1, -0.05) is 12.1 Å². The summed E-state index contributed by atoms with van der Waals surface area (Å²) in [5, 5.41) is -0.555. The van der Waals surface area contributed by atoms with E-state index >= 15 is 0 Å². The fraction of sp³-hybridized carbons (Fsp3) is 0.421. The van der Waals surface area contributed by atoms with Crippen molar-refractivity contribution in [2.24, 2.45) is 0 Å². The molecule has 1 saturated heterocycles. The first kappa shape index (κ1) is 18.8. The lowest BCUT2D eigenvalue weighted by atomic mass is 10.1. The summed E-state index contributed by atoms with van der Waals surface area (Å²) in [5.74, 6) is 0. The van der Waals surface area contributed by atoms with Crippen LogP contribution in [0.2, 0.25) is 0 Å². The molecule has 1 fully saturated rings. The molecule has 0 spiro atoms. The Morgan fingerprint density at radius 2 is 1.77 bits per heavy atom. The van der Waals surface area contributed by atoms with Crippen molar-refractivity contribution in [1.82, 2.24) is 15.8 Å². The van der Waals surface area contributed by atoms with Crippen LogP contribution in [0, 0.1) is 13.8 Å². The zero-order valence-electron chi connectivity index (χ0n) is 15.6. The lowest BCUT2D eigenvalue weighted by Gasteiger charge is -2.30. The quantitative estimate of drug-likeness (QED) is 0.840. The molecule has 1 aromatic carbocycles. The van der Waals surface area contributed by atoms with E-state index in [-0.39, 0.29) is 18.6 Å². The molecule has 2 aromatic rings. The monoisotopic (exact) mass is 374 g/mol. The van der Waals surface area contributed by atoms with Gasteiger partial charge in [0, 0.05) is 24.5 Å². The number of benzene rings is 1. The van der Waals surface area contributed by atoms with Crippen LogP contribution in [-0.2, 0) is 16.6 Å². The summed E-state index contributed by atoms with van der Waals surface area (Å²) < 4.78 is 28.7. The van der Waals surface area contributed by atoms with E-state index in [0.717, 1.165) is 16.7 Å². The summed E-state index contributed by atoms with van der Waals surface area (Å²) in [5.41, 5.74) is 9.84. The van der Waals surface area contributed by atoms with Crippen LogP contribution < -0.4 is 15.2 Å². The molecule has 0 saturated carbocycles. The number of pyridine rings is 1. The normalized spacial score (nSPS) is 23.2. The molecule has 0 aliphatic carbocycles. The van der Waals surface area contributed by atoms with Crippen LogP contribution in [0.15, 0.2) is 42.7 Å². The van der Waals surface area contributed by atoms with Crippen molar-refractivity contribution in [3.05, 3.63) is 59.4 Å². The Balaban J connectivity index is 2.06. The lowest BCUT2D eigenvalue weighted by molar-refractivity contribution is 0.553. The molecule has 0 amide bonds. The van der Waals surface area contributed by atoms with Crippen LogP contribution in [0.1, 0.15) is 30.5 Å². The van der Waals surface area contributed by atoms with Crippen LogP contribution in [0.5, 0.6) is 0 Å². The van der Waals surface area contributed by atoms with Crippen LogP contribution >= 0.6 is 0 Å². The Bertz CT molecular complexity index is 860. The number of nitrogens with zero attached hydrogens (tertiary/aromatic N) is 2. The highest BCUT2D eigenvalue weighted by Gasteiger charge is 2.43. The van der Waals surface area contributed by atoms with E-state index in [0.29, 0.717) is 5.69 Å². The van der Waals surface area contributed by atoms with Crippen LogP contribution in [0.3, 0.4) is 0 Å². The average molecular weight is 375 g/mol. The maximum Gasteiger partial charge on any atom is 0.241 e. The Hall–Kier alpha value is -1.96. The Labute approximate surface area is 155 Å². The maximum absolute atomic E-state index is 13.6. The fourth-order valence-electron chi connectivity index (χ4n) is 3.39. The van der Waals surface area contributed by atoms with Crippen LogP contribution in [0.25, 0.3) is 0 Å². The number of rotatable bonds is 5. The average Bonchev–Trinajstić information content (AvgIpc) is 2.95. The molecule has 1 aliphatic rings. The van der Waals surface area contributed by atoms with Crippen LogP contribution in [0.4, 0.5) is 5.69 Å². The molecule has 2 atom stereocenters. The summed E-state index contributed by atoms with van der Waals surface area (Å²) in [6, 6.07) is 9.14. The van der Waals surface area contributed by atoms with Crippen molar-refractivity contribution in [2.45, 2.75) is 51.6 Å². The molecule has 2 N–H and O–H groups in total. The van der Waals surface area contributed by atoms with Crippen LogP contribution in [-0.4, -0.2) is 30.7 Å². The number of aromatic nitrogens is 1. The van der Waals surface area contributed by atoms with Crippen molar-refractivity contribution in [3.63, 3.8) is 0 Å². The van der Waals surface area contributed by atoms with Crippen molar-refractivity contribution < 1.29 is 8.42 Å². The van der Waals surface area contributed by atoms with Crippen molar-refractivity contribution in [1.29, 1.82) is 0 Å². The van der Waals surface area contributed by atoms with Gasteiger partial charge in [-0.3, -0.25) is 20.1 Å². The standard InChI is InChI=1S/C19H26N4O2S/c1-13-7-8-18(10-14(13)2)23(12-17-6-5-9-20-11-17)26(24,25)19-15(3)21-22-16(19)4/h5-11,15-16,19,21-22H,12H2,1-4H3. The number of nitrogens with one attached hydrogen (secondary N) is 2. The van der Waals surface area contributed by atoms with Gasteiger partial charge in [0.05, 0.1) is 12.2 Å². The molecule has 1 aliphatic heterocycles. The minimum atomic E-state index is -3.60. The molecular weight excluding hydrogens is 348 g/mol. The summed E-state index contributed by atoms with van der Waals surface area (Å²) in [6.07, 6.45) is 3.40. The van der Waals surface area contributed by atoms with Gasteiger partial charge in [-0.05, 0) is 62.6 Å². The van der Waals surface area contributed by atoms with Gasteiger partial charge in [0.25, 0.3) is 0 Å². The first-order valence-corrected chi connectivity index (χ1v) is 10.3. The number of hydrogen-bond acceptors (Lipinski definition) is 5. The second-order valence-corrected chi connectivity index (χ2v) is 9.03. The molecule has 7 heteroatoms. The molecule has 0 bridgehead atoms. The molecule has 0 radical (unpaired) electrons. The number of aryl methyl sites for hydroxylation is 2. The van der Waals surface area contributed by atoms with E-state index in [1.54, 1.807) is 12.4 Å². The SMILES string of the molecule is Cc1ccc(N(Cc2cccnc2)S(=O)(=O)C2C(C)NNC2C)cc1C. The first-order valence-electron chi connectivity index (χ1n) is 8.79. The highest BCUT2D eigenvalue weighted by atomic mass is 32.2. The fourth-order valence-corrected chi connectivity index (χ4v) is 5.59. The number of hydrazine groups is 1. The summed E-state index contributed by atoms with van der Waals surface area (Å²) >= 11 is 0. The Morgan fingerprint density at radius 1 is 1.08 bits per heavy atom. The van der Waals surface area contributed by atoms with E-state index in [2.05, 4.69) is 15.8 Å². The van der Waals surface area contributed by atoms with E-state index in [9.17, 15) is 8.42 Å². The topological polar surface area (TPSA) is 74.3 Å². The highest BCUT2D eigenvalue weighted by Crippen LogP contribution is 2.29. The van der Waals surface area contributed by atoms with Gasteiger partial charge in [-0.2, -0.15) is 0 Å². The number of sulfonamides is 1. The third-order valence-corrected chi connectivity index (χ3v) is 7.46. The van der Waals surface area contributed by atoms with E-state index in [1.807, 2.05) is 58.0 Å². The van der Waals surface area contributed by atoms with Gasteiger partial charge in [0.15, 0.2) is 0 Å². The van der Waals surface area contributed by atoms with Gasteiger partial charge >= 0.3 is 0 Å². The van der Waals surface area contributed by atoms with E-state index in [4.69, 9.17) is 0 Å². The van der Waals surface area contributed by atoms with Gasteiger partial charge in [-0.25, -0.2) is 8.42 Å². The maximum atomic E-state index is 13.6. The Kier molecular flexibility index (Phi) is 5.32. The van der Waals surface area contributed by atoms with Gasteiger partial charge < -0.3 is 0 Å². The van der Waals surface area contributed by atoms with E-state index < -0.39 is 15.3 Å². The first-order chi connectivity index (χ1) is 12.3. The van der Waals surface area contributed by atoms with Crippen molar-refractivity contribution in [3.8, 4) is 0 Å². The number of anilines is 1. The largest absolute Gasteiger partial charge is 0.265 e. The molecule has 6 nitrogen and oxygen atoms in total. The zero-order chi connectivity index (χ0) is 18.9. The summed E-state index contributed by atoms with van der Waals surface area (Å²) in [4.78, 5) is 4.13. The van der Waals surface area contributed by atoms with Crippen molar-refractivity contribution >= 4 is 15.7 Å². The third kappa shape index (κ3) is 3.60. The molecule has 2 heterocycles. The predicted molar refractivity (Wildman–Crippen MR) is 104 cm³/mol. The second kappa shape index (κ2) is 7.34. The van der Waals surface area contributed by atoms with Gasteiger partial charge in [-0.15, -0.1) is 0 Å². The summed E-state index contributed by atoms with van der Waals surface area (Å²) in [7, 11) is -3.60.